The molecule has 0 unspecified atom stereocenters. The third-order valence-corrected chi connectivity index (χ3v) is 3.90. The maximum absolute atomic E-state index is 13.5. The van der Waals surface area contributed by atoms with E-state index in [0.717, 1.165) is 36.5 Å². The zero-order chi connectivity index (χ0) is 19.3. The summed E-state index contributed by atoms with van der Waals surface area (Å²) in [5.74, 6) is -2.43. The summed E-state index contributed by atoms with van der Waals surface area (Å²) >= 11 is 0. The largest absolute Gasteiger partial charge is 0.358 e. The van der Waals surface area contributed by atoms with Gasteiger partial charge in [0.2, 0.25) is 0 Å². The highest BCUT2D eigenvalue weighted by molar-refractivity contribution is 7.85. The van der Waals surface area contributed by atoms with Crippen LogP contribution in [-0.4, -0.2) is 18.9 Å². The van der Waals surface area contributed by atoms with Crippen molar-refractivity contribution in [1.82, 2.24) is 0 Å². The highest BCUT2D eigenvalue weighted by Gasteiger charge is 2.13. The maximum atomic E-state index is 13.5. The van der Waals surface area contributed by atoms with E-state index >= 15 is 0 Å². The number of rotatable bonds is 5. The highest BCUT2D eigenvalue weighted by Crippen LogP contribution is 2.17. The Morgan fingerprint density at radius 3 is 2.58 bits per heavy atom. The Hall–Kier alpha value is -3.29. The molecular formula is C16H11F2N3O4S. The van der Waals surface area contributed by atoms with Gasteiger partial charge in [0, 0.05) is 18.0 Å². The van der Waals surface area contributed by atoms with Crippen LogP contribution in [0.15, 0.2) is 59.1 Å². The minimum Gasteiger partial charge on any atom is -0.358 e. The molecule has 0 saturated heterocycles. The molecule has 0 bridgehead atoms. The van der Waals surface area contributed by atoms with Crippen molar-refractivity contribution in [3.05, 3.63) is 65.9 Å². The number of hydrogen-bond donors (Lipinski definition) is 3. The van der Waals surface area contributed by atoms with Crippen molar-refractivity contribution in [2.75, 3.05) is 10.6 Å². The fourth-order valence-electron chi connectivity index (χ4n) is 1.84. The molecule has 0 aromatic heterocycles. The summed E-state index contributed by atoms with van der Waals surface area (Å²) in [6, 6.07) is 8.90. The molecule has 2 aromatic carbocycles. The van der Waals surface area contributed by atoms with E-state index in [1.807, 2.05) is 0 Å². The number of halogens is 2. The van der Waals surface area contributed by atoms with Crippen molar-refractivity contribution >= 4 is 27.4 Å². The average Bonchev–Trinajstić information content (AvgIpc) is 2.58. The monoisotopic (exact) mass is 379 g/mol. The molecule has 1 amide bonds. The van der Waals surface area contributed by atoms with Gasteiger partial charge in [0.1, 0.15) is 23.3 Å². The van der Waals surface area contributed by atoms with Gasteiger partial charge in [-0.05, 0) is 30.3 Å². The number of nitrogens with one attached hydrogen (secondary N) is 2. The maximum Gasteiger partial charge on any atom is 0.294 e. The predicted octanol–water partition coefficient (Wildman–Crippen LogP) is 2.67. The van der Waals surface area contributed by atoms with Crippen LogP contribution in [0.3, 0.4) is 0 Å². The third-order valence-electron chi connectivity index (χ3n) is 3.06. The van der Waals surface area contributed by atoms with Crippen LogP contribution in [0.1, 0.15) is 0 Å². The summed E-state index contributed by atoms with van der Waals surface area (Å²) < 4.78 is 57.7. The molecule has 3 N–H and O–H groups in total. The van der Waals surface area contributed by atoms with Crippen molar-refractivity contribution in [2.45, 2.75) is 4.90 Å². The van der Waals surface area contributed by atoms with Crippen LogP contribution in [0.5, 0.6) is 0 Å². The second-order valence-electron chi connectivity index (χ2n) is 4.90. The van der Waals surface area contributed by atoms with Gasteiger partial charge in [-0.1, -0.05) is 6.07 Å². The first-order valence-electron chi connectivity index (χ1n) is 6.91. The Labute approximate surface area is 147 Å². The van der Waals surface area contributed by atoms with Crippen LogP contribution in [-0.2, 0) is 14.9 Å². The third kappa shape index (κ3) is 4.85. The minimum atomic E-state index is -4.46. The summed E-state index contributed by atoms with van der Waals surface area (Å²) in [7, 11) is -4.46. The molecule has 0 saturated carbocycles. The molecule has 2 aromatic rings. The van der Waals surface area contributed by atoms with Gasteiger partial charge in [0.25, 0.3) is 16.0 Å². The van der Waals surface area contributed by atoms with Crippen molar-refractivity contribution in [2.24, 2.45) is 0 Å². The van der Waals surface area contributed by atoms with Crippen LogP contribution in [0.25, 0.3) is 0 Å². The van der Waals surface area contributed by atoms with Crippen LogP contribution in [0, 0.1) is 23.0 Å². The molecule has 0 spiro atoms. The van der Waals surface area contributed by atoms with E-state index < -0.39 is 38.1 Å². The van der Waals surface area contributed by atoms with E-state index in [9.17, 15) is 22.0 Å². The molecule has 2 rings (SSSR count). The standard InChI is InChI=1S/C16H11F2N3O4S/c17-11-4-5-14(18)15(6-11)20-9-10(8-19)16(22)21-12-2-1-3-13(7-12)26(23,24)25/h1-7,9,20H,(H,21,22)(H,23,24,25)/b10-9-. The first-order chi connectivity index (χ1) is 12.2. The van der Waals surface area contributed by atoms with Gasteiger partial charge in [-0.2, -0.15) is 13.7 Å². The Morgan fingerprint density at radius 1 is 1.19 bits per heavy atom. The van der Waals surface area contributed by atoms with E-state index in [0.29, 0.717) is 0 Å². The van der Waals surface area contributed by atoms with Crippen LogP contribution in [0.2, 0.25) is 0 Å². The minimum absolute atomic E-state index is 0.00297. The lowest BCUT2D eigenvalue weighted by Gasteiger charge is -2.07. The van der Waals surface area contributed by atoms with Gasteiger partial charge < -0.3 is 10.6 Å². The van der Waals surface area contributed by atoms with Gasteiger partial charge in [0.15, 0.2) is 0 Å². The predicted molar refractivity (Wildman–Crippen MR) is 88.6 cm³/mol. The fourth-order valence-corrected chi connectivity index (χ4v) is 2.37. The number of benzene rings is 2. The number of carbonyl (C=O) groups is 1. The van der Waals surface area contributed by atoms with Gasteiger partial charge >= 0.3 is 0 Å². The molecule has 0 radical (unpaired) electrons. The van der Waals surface area contributed by atoms with Crippen molar-refractivity contribution in [3.63, 3.8) is 0 Å². The summed E-state index contributed by atoms with van der Waals surface area (Å²) in [6.45, 7) is 0. The van der Waals surface area contributed by atoms with Gasteiger partial charge in [0.05, 0.1) is 10.6 Å². The second kappa shape index (κ2) is 7.73. The number of nitriles is 1. The molecule has 10 heteroatoms. The molecule has 0 aliphatic heterocycles. The van der Waals surface area contributed by atoms with E-state index in [1.54, 1.807) is 6.07 Å². The fraction of sp³-hybridized carbons (Fsp3) is 0. The molecule has 0 aliphatic rings. The molecule has 0 aliphatic carbocycles. The quantitative estimate of drug-likeness (QED) is 0.417. The molecule has 0 atom stereocenters. The van der Waals surface area contributed by atoms with Crippen LogP contribution in [0.4, 0.5) is 20.2 Å². The number of amides is 1. The number of anilines is 2. The van der Waals surface area contributed by atoms with E-state index in [1.165, 1.54) is 12.1 Å². The summed E-state index contributed by atoms with van der Waals surface area (Å²) in [6.07, 6.45) is 0.875. The summed E-state index contributed by atoms with van der Waals surface area (Å²) in [5, 5.41) is 13.6. The molecular weight excluding hydrogens is 368 g/mol. The van der Waals surface area contributed by atoms with Crippen molar-refractivity contribution in [1.29, 1.82) is 5.26 Å². The summed E-state index contributed by atoms with van der Waals surface area (Å²) in [4.78, 5) is 11.6. The van der Waals surface area contributed by atoms with E-state index in [-0.39, 0.29) is 11.4 Å². The Morgan fingerprint density at radius 2 is 1.92 bits per heavy atom. The number of hydrogen-bond acceptors (Lipinski definition) is 5. The SMILES string of the molecule is N#C/C(=C/Nc1cc(F)ccc1F)C(=O)Nc1cccc(S(=O)(=O)O)c1. The molecule has 134 valence electrons. The van der Waals surface area contributed by atoms with Gasteiger partial charge in [-0.25, -0.2) is 8.78 Å². The smallest absolute Gasteiger partial charge is 0.294 e. The van der Waals surface area contributed by atoms with Gasteiger partial charge in [-0.15, -0.1) is 0 Å². The average molecular weight is 379 g/mol. The van der Waals surface area contributed by atoms with Crippen molar-refractivity contribution < 1.29 is 26.5 Å². The first-order valence-corrected chi connectivity index (χ1v) is 8.35. The van der Waals surface area contributed by atoms with E-state index in [4.69, 9.17) is 9.81 Å². The lowest BCUT2D eigenvalue weighted by Crippen LogP contribution is -2.15. The number of nitrogens with zero attached hydrogens (tertiary/aromatic N) is 1. The summed E-state index contributed by atoms with van der Waals surface area (Å²) in [5.41, 5.74) is -0.756. The lowest BCUT2D eigenvalue weighted by atomic mass is 10.2. The Kier molecular flexibility index (Phi) is 5.66. The van der Waals surface area contributed by atoms with Crippen molar-refractivity contribution in [3.8, 4) is 6.07 Å². The zero-order valence-corrected chi connectivity index (χ0v) is 13.7. The molecule has 7 nitrogen and oxygen atoms in total. The molecule has 0 heterocycles. The zero-order valence-electron chi connectivity index (χ0n) is 12.9. The topological polar surface area (TPSA) is 119 Å². The second-order valence-corrected chi connectivity index (χ2v) is 6.32. The van der Waals surface area contributed by atoms with Gasteiger partial charge in [-0.3, -0.25) is 9.35 Å². The Bertz CT molecular complexity index is 1030. The lowest BCUT2D eigenvalue weighted by molar-refractivity contribution is -0.112. The van der Waals surface area contributed by atoms with E-state index in [2.05, 4.69) is 10.6 Å². The normalized spacial score (nSPS) is 11.5. The van der Waals surface area contributed by atoms with Crippen LogP contribution < -0.4 is 10.6 Å². The molecule has 0 fully saturated rings. The first kappa shape index (κ1) is 19.0. The Balaban J connectivity index is 2.19. The number of carbonyl (C=O) groups excluding carboxylic acids is 1. The molecule has 26 heavy (non-hydrogen) atoms. The van der Waals surface area contributed by atoms with Crippen LogP contribution >= 0.6 is 0 Å². The highest BCUT2D eigenvalue weighted by atomic mass is 32.2.